The van der Waals surface area contributed by atoms with E-state index in [-0.39, 0.29) is 0 Å². The fourth-order valence-corrected chi connectivity index (χ4v) is 8.05. The minimum atomic E-state index is 1.11. The highest BCUT2D eigenvalue weighted by molar-refractivity contribution is 6.14. The van der Waals surface area contributed by atoms with Crippen molar-refractivity contribution in [1.82, 2.24) is 0 Å². The molecule has 10 aromatic rings. The molecule has 1 heteroatoms. The van der Waals surface area contributed by atoms with Crippen LogP contribution < -0.4 is 4.90 Å². The van der Waals surface area contributed by atoms with Crippen molar-refractivity contribution in [1.29, 1.82) is 0 Å². The first kappa shape index (κ1) is 30.8. The Morgan fingerprint density at radius 2 is 0.736 bits per heavy atom. The van der Waals surface area contributed by atoms with Gasteiger partial charge in [-0.15, -0.1) is 0 Å². The van der Waals surface area contributed by atoms with Crippen LogP contribution in [0.4, 0.5) is 17.1 Å². The summed E-state index contributed by atoms with van der Waals surface area (Å²) in [5.74, 6) is 0. The first-order valence-electron chi connectivity index (χ1n) is 18.3. The maximum Gasteiger partial charge on any atom is 0.0546 e. The van der Waals surface area contributed by atoms with E-state index in [9.17, 15) is 0 Å². The standard InChI is InChI=1S/C52H35N/c1-2-13-38(14-3-1)51-34-42(33-40-16-5-9-21-48(40)51)36-25-29-43(30-26-36)53(52-35-41-17-6-8-20-47(41)49-22-10-11-23-50(49)52)44-31-27-39(28-32-44)46-24-12-18-37-15-4-7-19-45(37)46/h1-35H. The molecule has 0 aromatic heterocycles. The number of fused-ring (bicyclic) bond motifs is 5. The smallest absolute Gasteiger partial charge is 0.0546 e. The van der Waals surface area contributed by atoms with E-state index in [0.717, 1.165) is 17.1 Å². The lowest BCUT2D eigenvalue weighted by Crippen LogP contribution is -2.10. The molecular weight excluding hydrogens is 639 g/mol. The molecule has 0 radical (unpaired) electrons. The summed E-state index contributed by atoms with van der Waals surface area (Å²) in [6, 6.07) is 77.3. The molecule has 0 aliphatic rings. The van der Waals surface area contributed by atoms with Crippen LogP contribution in [0.2, 0.25) is 0 Å². The molecule has 0 aliphatic heterocycles. The molecule has 0 fully saturated rings. The third-order valence-electron chi connectivity index (χ3n) is 10.6. The zero-order valence-electron chi connectivity index (χ0n) is 29.2. The van der Waals surface area contributed by atoms with Gasteiger partial charge in [-0.05, 0) is 114 Å². The van der Waals surface area contributed by atoms with Crippen LogP contribution in [0.1, 0.15) is 0 Å². The molecule has 0 unspecified atom stereocenters. The van der Waals surface area contributed by atoms with E-state index in [1.807, 2.05) is 0 Å². The molecule has 1 nitrogen and oxygen atoms in total. The van der Waals surface area contributed by atoms with Crippen molar-refractivity contribution in [2.45, 2.75) is 0 Å². The molecule has 10 aromatic carbocycles. The number of hydrogen-bond donors (Lipinski definition) is 0. The van der Waals surface area contributed by atoms with Gasteiger partial charge in [0.1, 0.15) is 0 Å². The second-order valence-electron chi connectivity index (χ2n) is 13.7. The Hall–Kier alpha value is -6.96. The Balaban J connectivity index is 1.13. The van der Waals surface area contributed by atoms with Gasteiger partial charge in [-0.25, -0.2) is 0 Å². The van der Waals surface area contributed by atoms with Gasteiger partial charge in [0.25, 0.3) is 0 Å². The maximum absolute atomic E-state index is 2.42. The summed E-state index contributed by atoms with van der Waals surface area (Å²) in [6.07, 6.45) is 0. The van der Waals surface area contributed by atoms with E-state index >= 15 is 0 Å². The molecule has 0 aliphatic carbocycles. The number of benzene rings is 10. The van der Waals surface area contributed by atoms with Crippen molar-refractivity contribution in [3.8, 4) is 33.4 Å². The van der Waals surface area contributed by atoms with E-state index in [0.29, 0.717) is 0 Å². The molecule has 0 heterocycles. The average molecular weight is 674 g/mol. The monoisotopic (exact) mass is 673 g/mol. The predicted molar refractivity (Wildman–Crippen MR) is 227 cm³/mol. The van der Waals surface area contributed by atoms with Gasteiger partial charge in [0, 0.05) is 16.8 Å². The lowest BCUT2D eigenvalue weighted by Gasteiger charge is -2.28. The van der Waals surface area contributed by atoms with Crippen LogP contribution in [0.25, 0.3) is 76.5 Å². The van der Waals surface area contributed by atoms with E-state index in [1.54, 1.807) is 0 Å². The van der Waals surface area contributed by atoms with Gasteiger partial charge in [0.05, 0.1) is 5.69 Å². The summed E-state index contributed by atoms with van der Waals surface area (Å²) in [6.45, 7) is 0. The molecule has 0 N–H and O–H groups in total. The van der Waals surface area contributed by atoms with E-state index < -0.39 is 0 Å². The minimum Gasteiger partial charge on any atom is -0.310 e. The summed E-state index contributed by atoms with van der Waals surface area (Å²) >= 11 is 0. The molecule has 10 rings (SSSR count). The van der Waals surface area contributed by atoms with E-state index in [2.05, 4.69) is 217 Å². The lowest BCUT2D eigenvalue weighted by molar-refractivity contribution is 1.30. The second-order valence-corrected chi connectivity index (χ2v) is 13.7. The van der Waals surface area contributed by atoms with Crippen LogP contribution in [0.15, 0.2) is 212 Å². The Labute approximate surface area is 309 Å². The van der Waals surface area contributed by atoms with Gasteiger partial charge < -0.3 is 4.90 Å². The Kier molecular flexibility index (Phi) is 7.55. The Morgan fingerprint density at radius 3 is 1.43 bits per heavy atom. The molecule has 0 spiro atoms. The normalized spacial score (nSPS) is 11.4. The number of rotatable bonds is 6. The first-order chi connectivity index (χ1) is 26.3. The SMILES string of the molecule is c1ccc(-c2cc(-c3ccc(N(c4ccc(-c5cccc6ccccc56)cc4)c4cc5ccccc5c5ccccc45)cc3)cc3ccccc23)cc1. The van der Waals surface area contributed by atoms with Crippen LogP contribution in [-0.2, 0) is 0 Å². The number of nitrogens with zero attached hydrogens (tertiary/aromatic N) is 1. The zero-order valence-corrected chi connectivity index (χ0v) is 29.2. The van der Waals surface area contributed by atoms with Crippen LogP contribution in [-0.4, -0.2) is 0 Å². The molecule has 0 saturated heterocycles. The van der Waals surface area contributed by atoms with Crippen LogP contribution in [0, 0.1) is 0 Å². The average Bonchev–Trinajstić information content (AvgIpc) is 3.24. The third-order valence-corrected chi connectivity index (χ3v) is 10.6. The summed E-state index contributed by atoms with van der Waals surface area (Å²) in [7, 11) is 0. The van der Waals surface area contributed by atoms with Gasteiger partial charge in [-0.2, -0.15) is 0 Å². The van der Waals surface area contributed by atoms with Crippen molar-refractivity contribution in [3.05, 3.63) is 212 Å². The molecule has 0 saturated carbocycles. The van der Waals surface area contributed by atoms with E-state index in [1.165, 1.54) is 76.5 Å². The third kappa shape index (κ3) is 5.51. The highest BCUT2D eigenvalue weighted by atomic mass is 15.1. The molecule has 53 heavy (non-hydrogen) atoms. The fraction of sp³-hybridized carbons (Fsp3) is 0. The van der Waals surface area contributed by atoms with Crippen molar-refractivity contribution < 1.29 is 0 Å². The van der Waals surface area contributed by atoms with Crippen LogP contribution in [0.3, 0.4) is 0 Å². The predicted octanol–water partition coefficient (Wildman–Crippen LogP) is 14.8. The maximum atomic E-state index is 2.42. The van der Waals surface area contributed by atoms with Gasteiger partial charge in [0.15, 0.2) is 0 Å². The van der Waals surface area contributed by atoms with Gasteiger partial charge >= 0.3 is 0 Å². The van der Waals surface area contributed by atoms with Crippen molar-refractivity contribution in [2.75, 3.05) is 4.90 Å². The summed E-state index contributed by atoms with van der Waals surface area (Å²) < 4.78 is 0. The van der Waals surface area contributed by atoms with E-state index in [4.69, 9.17) is 0 Å². The number of hydrogen-bond acceptors (Lipinski definition) is 1. The topological polar surface area (TPSA) is 3.24 Å². The first-order valence-corrected chi connectivity index (χ1v) is 18.3. The quantitative estimate of drug-likeness (QED) is 0.159. The van der Waals surface area contributed by atoms with Gasteiger partial charge in [-0.1, -0.05) is 170 Å². The Morgan fingerprint density at radius 1 is 0.245 bits per heavy atom. The highest BCUT2D eigenvalue weighted by Gasteiger charge is 2.18. The Bertz CT molecular complexity index is 2920. The minimum absolute atomic E-state index is 1.11. The zero-order chi connectivity index (χ0) is 35.1. The van der Waals surface area contributed by atoms with Crippen molar-refractivity contribution >= 4 is 60.2 Å². The van der Waals surface area contributed by atoms with Gasteiger partial charge in [0.2, 0.25) is 0 Å². The summed E-state index contributed by atoms with van der Waals surface area (Å²) in [5, 5.41) is 9.97. The summed E-state index contributed by atoms with van der Waals surface area (Å²) in [5.41, 5.74) is 10.7. The van der Waals surface area contributed by atoms with Crippen LogP contribution >= 0.6 is 0 Å². The number of anilines is 3. The fourth-order valence-electron chi connectivity index (χ4n) is 8.05. The molecule has 0 amide bonds. The highest BCUT2D eigenvalue weighted by Crippen LogP contribution is 2.43. The van der Waals surface area contributed by atoms with Crippen molar-refractivity contribution in [3.63, 3.8) is 0 Å². The molecule has 0 bridgehead atoms. The second kappa shape index (κ2) is 13.0. The lowest BCUT2D eigenvalue weighted by atomic mass is 9.93. The largest absolute Gasteiger partial charge is 0.310 e. The molecular formula is C52H35N. The van der Waals surface area contributed by atoms with Crippen molar-refractivity contribution in [2.24, 2.45) is 0 Å². The van der Waals surface area contributed by atoms with Crippen LogP contribution in [0.5, 0.6) is 0 Å². The molecule has 248 valence electrons. The van der Waals surface area contributed by atoms with Gasteiger partial charge in [-0.3, -0.25) is 0 Å². The molecule has 0 atom stereocenters. The summed E-state index contributed by atoms with van der Waals surface area (Å²) in [4.78, 5) is 2.42.